The third-order valence-corrected chi connectivity index (χ3v) is 2.81. The number of hydrogen-bond acceptors (Lipinski definition) is 5. The highest BCUT2D eigenvalue weighted by Crippen LogP contribution is 2.22. The highest BCUT2D eigenvalue weighted by Gasteiger charge is 2.42. The first-order valence-corrected chi connectivity index (χ1v) is 6.48. The van der Waals surface area contributed by atoms with Crippen molar-refractivity contribution in [3.63, 3.8) is 0 Å². The van der Waals surface area contributed by atoms with Gasteiger partial charge in [-0.05, 0) is 20.8 Å². The summed E-state index contributed by atoms with van der Waals surface area (Å²) in [5, 5.41) is 2.70. The van der Waals surface area contributed by atoms with E-state index in [1.165, 1.54) is 18.9 Å². The number of carbonyl (C=O) groups excluding carboxylic acids is 3. The summed E-state index contributed by atoms with van der Waals surface area (Å²) in [6.07, 6.45) is -0.258. The highest BCUT2D eigenvalue weighted by atomic mass is 16.6. The Morgan fingerprint density at radius 3 is 2.30 bits per heavy atom. The van der Waals surface area contributed by atoms with E-state index in [0.29, 0.717) is 6.42 Å². The Hall–Kier alpha value is -1.79. The third-order valence-electron chi connectivity index (χ3n) is 2.81. The van der Waals surface area contributed by atoms with E-state index >= 15 is 0 Å². The zero-order chi connectivity index (χ0) is 15.5. The van der Waals surface area contributed by atoms with Crippen LogP contribution in [0.25, 0.3) is 0 Å². The van der Waals surface area contributed by atoms with Gasteiger partial charge in [0.15, 0.2) is 0 Å². The summed E-state index contributed by atoms with van der Waals surface area (Å²) in [4.78, 5) is 36.2. The van der Waals surface area contributed by atoms with Crippen molar-refractivity contribution in [1.29, 1.82) is 0 Å². The minimum atomic E-state index is -0.730. The molecule has 1 rings (SSSR count). The fraction of sp³-hybridized carbons (Fsp3) is 0.769. The van der Waals surface area contributed by atoms with Crippen molar-refractivity contribution < 1.29 is 23.9 Å². The average Bonchev–Trinajstić information content (AvgIpc) is 2.68. The molecule has 0 bridgehead atoms. The number of ether oxygens (including phenoxy) is 2. The Balaban J connectivity index is 2.81. The lowest BCUT2D eigenvalue weighted by atomic mass is 10.1. The second-order valence-corrected chi connectivity index (χ2v) is 5.80. The summed E-state index contributed by atoms with van der Waals surface area (Å²) >= 11 is 0. The van der Waals surface area contributed by atoms with Crippen molar-refractivity contribution in [2.75, 3.05) is 13.7 Å². The highest BCUT2D eigenvalue weighted by molar-refractivity contribution is 5.83. The Morgan fingerprint density at radius 2 is 1.85 bits per heavy atom. The second-order valence-electron chi connectivity index (χ2n) is 5.80. The van der Waals surface area contributed by atoms with E-state index in [1.807, 2.05) is 0 Å². The quantitative estimate of drug-likeness (QED) is 0.754. The summed E-state index contributed by atoms with van der Waals surface area (Å²) in [6.45, 7) is 6.87. The van der Waals surface area contributed by atoms with Crippen LogP contribution in [-0.2, 0) is 19.1 Å². The van der Waals surface area contributed by atoms with E-state index < -0.39 is 23.7 Å². The molecule has 20 heavy (non-hydrogen) atoms. The molecule has 0 saturated carbocycles. The van der Waals surface area contributed by atoms with Gasteiger partial charge in [-0.25, -0.2) is 9.59 Å². The number of esters is 1. The molecular formula is C13H22N2O5. The lowest BCUT2D eigenvalue weighted by molar-refractivity contribution is -0.145. The maximum atomic E-state index is 12.1. The topological polar surface area (TPSA) is 84.9 Å². The summed E-state index contributed by atoms with van der Waals surface area (Å²) in [5.74, 6) is -0.714. The summed E-state index contributed by atoms with van der Waals surface area (Å²) in [5.41, 5.74) is -0.649. The molecule has 114 valence electrons. The van der Waals surface area contributed by atoms with E-state index in [-0.39, 0.29) is 18.5 Å². The molecule has 1 aliphatic rings. The van der Waals surface area contributed by atoms with Crippen LogP contribution in [0, 0.1) is 0 Å². The smallest absolute Gasteiger partial charge is 0.411 e. The van der Waals surface area contributed by atoms with Gasteiger partial charge < -0.3 is 14.8 Å². The van der Waals surface area contributed by atoms with Gasteiger partial charge >= 0.3 is 12.1 Å². The van der Waals surface area contributed by atoms with Gasteiger partial charge in [0.05, 0.1) is 7.11 Å². The van der Waals surface area contributed by atoms with E-state index in [2.05, 4.69) is 5.32 Å². The average molecular weight is 286 g/mol. The van der Waals surface area contributed by atoms with E-state index in [9.17, 15) is 14.4 Å². The minimum absolute atomic E-state index is 0.204. The van der Waals surface area contributed by atoms with E-state index in [4.69, 9.17) is 9.47 Å². The summed E-state index contributed by atoms with van der Waals surface area (Å²) in [7, 11) is 1.27. The van der Waals surface area contributed by atoms with Gasteiger partial charge in [0.1, 0.15) is 11.6 Å². The molecule has 0 aromatic heterocycles. The van der Waals surface area contributed by atoms with Crippen LogP contribution in [0.15, 0.2) is 0 Å². The van der Waals surface area contributed by atoms with Crippen molar-refractivity contribution in [2.24, 2.45) is 0 Å². The zero-order valence-electron chi connectivity index (χ0n) is 12.6. The van der Waals surface area contributed by atoms with Gasteiger partial charge in [-0.3, -0.25) is 9.69 Å². The van der Waals surface area contributed by atoms with Gasteiger partial charge in [0.25, 0.3) is 0 Å². The van der Waals surface area contributed by atoms with Gasteiger partial charge in [-0.1, -0.05) is 0 Å². The van der Waals surface area contributed by atoms with Crippen LogP contribution in [0.1, 0.15) is 34.1 Å². The first-order chi connectivity index (χ1) is 9.14. The van der Waals surface area contributed by atoms with Gasteiger partial charge in [0.2, 0.25) is 5.91 Å². The first kappa shape index (κ1) is 16.3. The monoisotopic (exact) mass is 286 g/mol. The van der Waals surface area contributed by atoms with Gasteiger partial charge in [-0.2, -0.15) is 0 Å². The molecule has 1 N–H and O–H groups in total. The van der Waals surface area contributed by atoms with Crippen LogP contribution in [0.5, 0.6) is 0 Å². The van der Waals surface area contributed by atoms with E-state index in [1.54, 1.807) is 20.8 Å². The van der Waals surface area contributed by atoms with Crippen molar-refractivity contribution in [3.05, 3.63) is 0 Å². The maximum Gasteiger partial charge on any atom is 0.411 e. The Morgan fingerprint density at radius 1 is 1.25 bits per heavy atom. The molecule has 1 fully saturated rings. The number of likely N-dealkylation sites (tertiary alicyclic amines) is 1. The number of nitrogens with zero attached hydrogens (tertiary/aromatic N) is 1. The van der Waals surface area contributed by atoms with Crippen molar-refractivity contribution in [3.8, 4) is 0 Å². The number of rotatable bonds is 2. The standard InChI is InChI=1S/C13H22N2O5/c1-8(16)14-9-6-10(11(17)19-5)15(7-9)12(18)20-13(2,3)4/h9-10H,6-7H2,1-5H3,(H,14,16)/t9-,10+/m0/s1. The fourth-order valence-corrected chi connectivity index (χ4v) is 2.11. The van der Waals surface area contributed by atoms with Crippen molar-refractivity contribution in [2.45, 2.75) is 51.8 Å². The molecule has 7 heteroatoms. The lowest BCUT2D eigenvalue weighted by Crippen LogP contribution is -2.44. The molecule has 2 amide bonds. The van der Waals surface area contributed by atoms with Crippen LogP contribution in [0.4, 0.5) is 4.79 Å². The van der Waals surface area contributed by atoms with Crippen molar-refractivity contribution >= 4 is 18.0 Å². The Kier molecular flexibility index (Phi) is 4.97. The molecule has 0 aromatic carbocycles. The number of carbonyl (C=O) groups is 3. The normalized spacial score (nSPS) is 22.4. The summed E-state index contributed by atoms with van der Waals surface area (Å²) < 4.78 is 9.96. The van der Waals surface area contributed by atoms with E-state index in [0.717, 1.165) is 0 Å². The molecule has 0 aliphatic carbocycles. The number of methoxy groups -OCH3 is 1. The molecule has 0 spiro atoms. The number of amides is 2. The van der Waals surface area contributed by atoms with Crippen LogP contribution in [-0.4, -0.2) is 54.2 Å². The predicted octanol–water partition coefficient (Wildman–Crippen LogP) is 0.673. The number of nitrogens with one attached hydrogen (secondary N) is 1. The predicted molar refractivity (Wildman–Crippen MR) is 71.0 cm³/mol. The van der Waals surface area contributed by atoms with Crippen LogP contribution in [0.2, 0.25) is 0 Å². The Bertz CT molecular complexity index is 402. The largest absolute Gasteiger partial charge is 0.467 e. The van der Waals surface area contributed by atoms with Gasteiger partial charge in [0, 0.05) is 25.9 Å². The molecule has 0 aromatic rings. The SMILES string of the molecule is COC(=O)[C@H]1C[C@H](NC(C)=O)CN1C(=O)OC(C)(C)C. The molecule has 1 saturated heterocycles. The molecule has 2 atom stereocenters. The number of hydrogen-bond donors (Lipinski definition) is 1. The van der Waals surface area contributed by atoms with Crippen molar-refractivity contribution in [1.82, 2.24) is 10.2 Å². The minimum Gasteiger partial charge on any atom is -0.467 e. The van der Waals surface area contributed by atoms with Crippen LogP contribution in [0.3, 0.4) is 0 Å². The van der Waals surface area contributed by atoms with Gasteiger partial charge in [-0.15, -0.1) is 0 Å². The molecule has 7 nitrogen and oxygen atoms in total. The molecule has 1 heterocycles. The molecule has 1 aliphatic heterocycles. The molecule has 0 radical (unpaired) electrons. The Labute approximate surface area is 118 Å². The third kappa shape index (κ3) is 4.40. The zero-order valence-corrected chi connectivity index (χ0v) is 12.6. The van der Waals surface area contributed by atoms with Crippen LogP contribution < -0.4 is 5.32 Å². The summed E-state index contributed by atoms with van der Waals surface area (Å²) in [6, 6.07) is -1.00. The first-order valence-electron chi connectivity index (χ1n) is 6.48. The molecular weight excluding hydrogens is 264 g/mol. The van der Waals surface area contributed by atoms with Crippen LogP contribution >= 0.6 is 0 Å². The lowest BCUT2D eigenvalue weighted by Gasteiger charge is -2.27. The fourth-order valence-electron chi connectivity index (χ4n) is 2.11. The molecule has 0 unspecified atom stereocenters. The second kappa shape index (κ2) is 6.11. The maximum absolute atomic E-state index is 12.1.